The van der Waals surface area contributed by atoms with Gasteiger partial charge in [0.15, 0.2) is 0 Å². The number of oxime groups is 1. The van der Waals surface area contributed by atoms with Gasteiger partial charge < -0.3 is 10.9 Å². The molecule has 70 valence electrons. The van der Waals surface area contributed by atoms with Gasteiger partial charge in [-0.2, -0.15) is 0 Å². The van der Waals surface area contributed by atoms with Crippen molar-refractivity contribution in [2.24, 2.45) is 10.9 Å². The van der Waals surface area contributed by atoms with Crippen LogP contribution in [0.5, 0.6) is 0 Å². The van der Waals surface area contributed by atoms with E-state index in [4.69, 9.17) is 10.9 Å². The predicted octanol–water partition coefficient (Wildman–Crippen LogP) is 0.999. The van der Waals surface area contributed by atoms with Crippen molar-refractivity contribution in [3.8, 4) is 0 Å². The average Bonchev–Trinajstić information content (AvgIpc) is 2.21. The van der Waals surface area contributed by atoms with E-state index in [1.54, 1.807) is 6.20 Å². The Morgan fingerprint density at radius 3 is 2.92 bits per heavy atom. The Morgan fingerprint density at radius 1 is 1.54 bits per heavy atom. The van der Waals surface area contributed by atoms with Crippen LogP contribution in [0.4, 0.5) is 0 Å². The standard InChI is InChI=1S/C9H13N3O/c10-6-3-5-9(12-13)8-4-1-2-7-11-8/h1-2,4,7,13H,3,5-6,10H2. The van der Waals surface area contributed by atoms with Crippen LogP contribution in [0.25, 0.3) is 0 Å². The predicted molar refractivity (Wildman–Crippen MR) is 50.8 cm³/mol. The maximum absolute atomic E-state index is 8.71. The third-order valence-corrected chi connectivity index (χ3v) is 1.70. The van der Waals surface area contributed by atoms with Gasteiger partial charge in [0.2, 0.25) is 0 Å². The van der Waals surface area contributed by atoms with E-state index >= 15 is 0 Å². The van der Waals surface area contributed by atoms with Gasteiger partial charge in [-0.25, -0.2) is 0 Å². The van der Waals surface area contributed by atoms with Crippen molar-refractivity contribution in [2.75, 3.05) is 6.54 Å². The van der Waals surface area contributed by atoms with E-state index in [0.717, 1.165) is 6.42 Å². The van der Waals surface area contributed by atoms with Crippen molar-refractivity contribution in [2.45, 2.75) is 12.8 Å². The monoisotopic (exact) mass is 179 g/mol. The molecule has 1 aromatic rings. The summed E-state index contributed by atoms with van der Waals surface area (Å²) in [5.74, 6) is 0. The molecule has 0 aliphatic heterocycles. The lowest BCUT2D eigenvalue weighted by Crippen LogP contribution is -2.07. The summed E-state index contributed by atoms with van der Waals surface area (Å²) in [6.45, 7) is 0.589. The molecule has 0 fully saturated rings. The molecule has 0 unspecified atom stereocenters. The Balaban J connectivity index is 2.69. The molecule has 0 spiro atoms. The number of pyridine rings is 1. The zero-order chi connectivity index (χ0) is 9.52. The molecule has 0 saturated heterocycles. The smallest absolute Gasteiger partial charge is 0.105 e. The molecule has 13 heavy (non-hydrogen) atoms. The van der Waals surface area contributed by atoms with E-state index in [9.17, 15) is 0 Å². The second-order valence-electron chi connectivity index (χ2n) is 2.65. The highest BCUT2D eigenvalue weighted by molar-refractivity contribution is 5.98. The number of rotatable bonds is 4. The molecule has 4 nitrogen and oxygen atoms in total. The number of nitrogens with zero attached hydrogens (tertiary/aromatic N) is 2. The summed E-state index contributed by atoms with van der Waals surface area (Å²) in [4.78, 5) is 4.07. The molecule has 0 saturated carbocycles. The first-order valence-corrected chi connectivity index (χ1v) is 4.21. The Labute approximate surface area is 77.1 Å². The van der Waals surface area contributed by atoms with E-state index in [1.165, 1.54) is 0 Å². The van der Waals surface area contributed by atoms with Gasteiger partial charge in [0.05, 0.1) is 5.69 Å². The topological polar surface area (TPSA) is 71.5 Å². The highest BCUT2D eigenvalue weighted by Gasteiger charge is 2.03. The third-order valence-electron chi connectivity index (χ3n) is 1.70. The van der Waals surface area contributed by atoms with E-state index < -0.39 is 0 Å². The molecular formula is C9H13N3O. The van der Waals surface area contributed by atoms with Crippen LogP contribution < -0.4 is 5.73 Å². The minimum Gasteiger partial charge on any atom is -0.411 e. The fourth-order valence-electron chi connectivity index (χ4n) is 1.03. The lowest BCUT2D eigenvalue weighted by molar-refractivity contribution is 0.317. The van der Waals surface area contributed by atoms with Crippen molar-refractivity contribution in [1.29, 1.82) is 0 Å². The maximum Gasteiger partial charge on any atom is 0.105 e. The lowest BCUT2D eigenvalue weighted by atomic mass is 10.1. The van der Waals surface area contributed by atoms with Crippen molar-refractivity contribution in [3.63, 3.8) is 0 Å². The zero-order valence-electron chi connectivity index (χ0n) is 7.35. The highest BCUT2D eigenvalue weighted by Crippen LogP contribution is 2.02. The van der Waals surface area contributed by atoms with E-state index in [2.05, 4.69) is 10.1 Å². The van der Waals surface area contributed by atoms with Gasteiger partial charge in [0, 0.05) is 6.20 Å². The molecule has 3 N–H and O–H groups in total. The number of hydrogen-bond donors (Lipinski definition) is 2. The van der Waals surface area contributed by atoms with Gasteiger partial charge in [0.1, 0.15) is 5.71 Å². The molecule has 4 heteroatoms. The maximum atomic E-state index is 8.71. The number of nitrogens with two attached hydrogens (primary N) is 1. The Kier molecular flexibility index (Phi) is 3.92. The quantitative estimate of drug-likeness (QED) is 0.411. The summed E-state index contributed by atoms with van der Waals surface area (Å²) in [5.41, 5.74) is 6.65. The average molecular weight is 179 g/mol. The van der Waals surface area contributed by atoms with Crippen LogP contribution in [0.3, 0.4) is 0 Å². The first-order valence-electron chi connectivity index (χ1n) is 4.21. The van der Waals surface area contributed by atoms with Gasteiger partial charge in [-0.05, 0) is 31.5 Å². The summed E-state index contributed by atoms with van der Waals surface area (Å²) in [6, 6.07) is 5.49. The molecule has 0 aliphatic carbocycles. The van der Waals surface area contributed by atoms with E-state index in [0.29, 0.717) is 24.4 Å². The Hall–Kier alpha value is -1.42. The Morgan fingerprint density at radius 2 is 2.38 bits per heavy atom. The molecule has 0 amide bonds. The third kappa shape index (κ3) is 2.83. The molecular weight excluding hydrogens is 166 g/mol. The molecule has 0 atom stereocenters. The van der Waals surface area contributed by atoms with Gasteiger partial charge in [0.25, 0.3) is 0 Å². The van der Waals surface area contributed by atoms with Gasteiger partial charge in [-0.15, -0.1) is 0 Å². The Bertz CT molecular complexity index is 271. The van der Waals surface area contributed by atoms with Crippen LogP contribution in [-0.4, -0.2) is 22.4 Å². The summed E-state index contributed by atoms with van der Waals surface area (Å²) in [6.07, 6.45) is 3.13. The molecule has 0 aliphatic rings. The summed E-state index contributed by atoms with van der Waals surface area (Å²) in [7, 11) is 0. The second-order valence-corrected chi connectivity index (χ2v) is 2.65. The minimum atomic E-state index is 0.589. The molecule has 1 rings (SSSR count). The van der Waals surface area contributed by atoms with Crippen LogP contribution in [0.2, 0.25) is 0 Å². The fourth-order valence-corrected chi connectivity index (χ4v) is 1.03. The van der Waals surface area contributed by atoms with E-state index in [1.807, 2.05) is 18.2 Å². The second kappa shape index (κ2) is 5.27. The van der Waals surface area contributed by atoms with Crippen LogP contribution in [0.1, 0.15) is 18.5 Å². The van der Waals surface area contributed by atoms with Crippen molar-refractivity contribution in [1.82, 2.24) is 4.98 Å². The first-order chi connectivity index (χ1) is 6.38. The van der Waals surface area contributed by atoms with Crippen molar-refractivity contribution < 1.29 is 5.21 Å². The highest BCUT2D eigenvalue weighted by atomic mass is 16.4. The van der Waals surface area contributed by atoms with Crippen LogP contribution in [0.15, 0.2) is 29.6 Å². The fraction of sp³-hybridized carbons (Fsp3) is 0.333. The zero-order valence-corrected chi connectivity index (χ0v) is 7.35. The molecule has 1 aromatic heterocycles. The van der Waals surface area contributed by atoms with Crippen LogP contribution in [-0.2, 0) is 0 Å². The minimum absolute atomic E-state index is 0.589. The normalized spacial score (nSPS) is 11.6. The largest absolute Gasteiger partial charge is 0.411 e. The number of aromatic nitrogens is 1. The van der Waals surface area contributed by atoms with Crippen molar-refractivity contribution >= 4 is 5.71 Å². The van der Waals surface area contributed by atoms with Crippen molar-refractivity contribution in [3.05, 3.63) is 30.1 Å². The van der Waals surface area contributed by atoms with E-state index in [-0.39, 0.29) is 0 Å². The molecule has 1 heterocycles. The molecule has 0 aromatic carbocycles. The number of hydrogen-bond acceptors (Lipinski definition) is 4. The summed E-state index contributed by atoms with van der Waals surface area (Å²) >= 11 is 0. The lowest BCUT2D eigenvalue weighted by Gasteiger charge is -2.01. The summed E-state index contributed by atoms with van der Waals surface area (Å²) in [5, 5.41) is 11.9. The SMILES string of the molecule is NCCCC(=NO)c1ccccn1. The van der Waals surface area contributed by atoms with Crippen LogP contribution >= 0.6 is 0 Å². The van der Waals surface area contributed by atoms with Gasteiger partial charge in [-0.1, -0.05) is 11.2 Å². The molecule has 0 bridgehead atoms. The first kappa shape index (κ1) is 9.67. The van der Waals surface area contributed by atoms with Gasteiger partial charge in [-0.3, -0.25) is 4.98 Å². The van der Waals surface area contributed by atoms with Gasteiger partial charge >= 0.3 is 0 Å². The van der Waals surface area contributed by atoms with Crippen LogP contribution in [0, 0.1) is 0 Å². The molecule has 0 radical (unpaired) electrons. The summed E-state index contributed by atoms with van der Waals surface area (Å²) < 4.78 is 0.